The van der Waals surface area contributed by atoms with Crippen LogP contribution in [-0.2, 0) is 4.74 Å². The van der Waals surface area contributed by atoms with E-state index >= 15 is 0 Å². The van der Waals surface area contributed by atoms with Crippen LogP contribution in [0.5, 0.6) is 5.75 Å². The lowest BCUT2D eigenvalue weighted by Crippen LogP contribution is -2.42. The number of aromatic amines is 1. The van der Waals surface area contributed by atoms with Gasteiger partial charge >= 0.3 is 0 Å². The largest absolute Gasteiger partial charge is 0.491 e. The van der Waals surface area contributed by atoms with E-state index in [1.54, 1.807) is 6.26 Å². The number of ether oxygens (including phenoxy) is 2. The lowest BCUT2D eigenvalue weighted by molar-refractivity contribution is 0.0692. The highest BCUT2D eigenvalue weighted by atomic mass is 79.9. The molecule has 0 radical (unpaired) electrons. The smallest absolute Gasteiger partial charge is 0.263 e. The molecular formula is C15H16BrClFN3O3S. The van der Waals surface area contributed by atoms with Gasteiger partial charge < -0.3 is 19.8 Å². The fourth-order valence-electron chi connectivity index (χ4n) is 2.57. The van der Waals surface area contributed by atoms with E-state index in [2.05, 4.69) is 31.2 Å². The van der Waals surface area contributed by atoms with E-state index < -0.39 is 11.4 Å². The van der Waals surface area contributed by atoms with Crippen LogP contribution in [0.3, 0.4) is 0 Å². The number of rotatable bonds is 5. The number of morpholine rings is 1. The molecule has 10 heteroatoms. The highest BCUT2D eigenvalue weighted by Crippen LogP contribution is 2.40. The Morgan fingerprint density at radius 2 is 2.36 bits per heavy atom. The van der Waals surface area contributed by atoms with Crippen LogP contribution in [0.15, 0.2) is 14.4 Å². The molecule has 1 saturated heterocycles. The number of benzene rings is 1. The lowest BCUT2D eigenvalue weighted by atomic mass is 10.2. The predicted octanol–water partition coefficient (Wildman–Crippen LogP) is 2.96. The zero-order valence-electron chi connectivity index (χ0n) is 13.3. The fraction of sp³-hybridized carbons (Fsp3) is 0.467. The van der Waals surface area contributed by atoms with Crippen molar-refractivity contribution in [2.45, 2.75) is 17.6 Å². The van der Waals surface area contributed by atoms with Crippen molar-refractivity contribution in [1.82, 2.24) is 15.3 Å². The molecule has 136 valence electrons. The molecule has 1 aliphatic rings. The van der Waals surface area contributed by atoms with Gasteiger partial charge in [0.2, 0.25) is 0 Å². The molecule has 1 atom stereocenters. The van der Waals surface area contributed by atoms with E-state index in [9.17, 15) is 9.18 Å². The molecule has 0 amide bonds. The Morgan fingerprint density at radius 3 is 3.04 bits per heavy atom. The Kier molecular flexibility index (Phi) is 6.21. The average molecular weight is 453 g/mol. The van der Waals surface area contributed by atoms with Crippen molar-refractivity contribution in [1.29, 1.82) is 0 Å². The maximum Gasteiger partial charge on any atom is 0.263 e. The minimum Gasteiger partial charge on any atom is -0.491 e. The number of thioether (sulfide) groups is 1. The number of aromatic nitrogens is 2. The number of H-pyrrole nitrogens is 1. The SMILES string of the molecule is CSc1nc2c(F)c(Br)c(Cl)c(OCC[C@H]3COCCN3)c2c(=O)[nH]1. The Labute approximate surface area is 160 Å². The Bertz CT molecular complexity index is 845. The second kappa shape index (κ2) is 8.22. The van der Waals surface area contributed by atoms with Gasteiger partial charge in [0.1, 0.15) is 15.9 Å². The molecule has 6 nitrogen and oxygen atoms in total. The van der Waals surface area contributed by atoms with Crippen LogP contribution in [0.25, 0.3) is 10.9 Å². The van der Waals surface area contributed by atoms with E-state index in [-0.39, 0.29) is 32.2 Å². The molecule has 0 spiro atoms. The minimum absolute atomic E-state index is 0.0105. The van der Waals surface area contributed by atoms with E-state index in [0.29, 0.717) is 31.4 Å². The van der Waals surface area contributed by atoms with Gasteiger partial charge in [0.25, 0.3) is 5.56 Å². The van der Waals surface area contributed by atoms with Crippen LogP contribution in [-0.4, -0.2) is 48.6 Å². The molecule has 0 aliphatic carbocycles. The van der Waals surface area contributed by atoms with Gasteiger partial charge in [-0.1, -0.05) is 23.4 Å². The zero-order chi connectivity index (χ0) is 18.0. The third-order valence-corrected chi connectivity index (χ3v) is 5.74. The van der Waals surface area contributed by atoms with Gasteiger partial charge in [0, 0.05) is 12.6 Å². The highest BCUT2D eigenvalue weighted by Gasteiger charge is 2.23. The number of hydrogen-bond donors (Lipinski definition) is 2. The maximum absolute atomic E-state index is 14.5. The first-order valence-electron chi connectivity index (χ1n) is 7.61. The summed E-state index contributed by atoms with van der Waals surface area (Å²) in [4.78, 5) is 19.1. The predicted molar refractivity (Wildman–Crippen MR) is 99.5 cm³/mol. The molecule has 0 bridgehead atoms. The van der Waals surface area contributed by atoms with E-state index in [1.165, 1.54) is 11.8 Å². The summed E-state index contributed by atoms with van der Waals surface area (Å²) in [5, 5.41) is 3.66. The second-order valence-electron chi connectivity index (χ2n) is 5.43. The van der Waals surface area contributed by atoms with Crippen molar-refractivity contribution in [3.8, 4) is 5.75 Å². The van der Waals surface area contributed by atoms with Gasteiger partial charge in [0.05, 0.1) is 24.3 Å². The summed E-state index contributed by atoms with van der Waals surface area (Å²) in [5.74, 6) is -0.556. The number of halogens is 3. The highest BCUT2D eigenvalue weighted by molar-refractivity contribution is 9.10. The second-order valence-corrected chi connectivity index (χ2v) is 7.40. The number of hydrogen-bond acceptors (Lipinski definition) is 6. The van der Waals surface area contributed by atoms with Crippen molar-refractivity contribution >= 4 is 50.2 Å². The van der Waals surface area contributed by atoms with Gasteiger partial charge in [-0.05, 0) is 28.6 Å². The summed E-state index contributed by atoms with van der Waals surface area (Å²) in [5.41, 5.74) is -0.560. The Morgan fingerprint density at radius 1 is 1.56 bits per heavy atom. The molecule has 25 heavy (non-hydrogen) atoms. The third kappa shape index (κ3) is 3.95. The topological polar surface area (TPSA) is 76.2 Å². The molecular weight excluding hydrogens is 437 g/mol. The van der Waals surface area contributed by atoms with Gasteiger partial charge in [-0.2, -0.15) is 0 Å². The summed E-state index contributed by atoms with van der Waals surface area (Å²) in [6.45, 7) is 2.39. The van der Waals surface area contributed by atoms with Crippen molar-refractivity contribution in [3.05, 3.63) is 25.7 Å². The standard InChI is InChI=1S/C15H16BrClFN3O3S/c1-25-15-20-12-8(14(22)21-15)13(10(17)9(16)11(12)18)24-4-2-7-6-23-5-3-19-7/h7,19H,2-6H2,1H3,(H,20,21,22)/t7-/m0/s1. The molecule has 2 N–H and O–H groups in total. The van der Waals surface area contributed by atoms with Gasteiger partial charge in [-0.15, -0.1) is 0 Å². The molecule has 3 rings (SSSR count). The van der Waals surface area contributed by atoms with Crippen LogP contribution >= 0.6 is 39.3 Å². The van der Waals surface area contributed by atoms with Crippen molar-refractivity contribution in [3.63, 3.8) is 0 Å². The molecule has 0 saturated carbocycles. The van der Waals surface area contributed by atoms with Crippen LogP contribution in [0.1, 0.15) is 6.42 Å². The first-order chi connectivity index (χ1) is 12.0. The maximum atomic E-state index is 14.5. The van der Waals surface area contributed by atoms with Crippen molar-refractivity contribution < 1.29 is 13.9 Å². The van der Waals surface area contributed by atoms with Crippen LogP contribution in [0.4, 0.5) is 4.39 Å². The molecule has 2 aromatic rings. The molecule has 0 unspecified atom stereocenters. The quantitative estimate of drug-likeness (QED) is 0.413. The van der Waals surface area contributed by atoms with Gasteiger partial charge in [0.15, 0.2) is 16.7 Å². The summed E-state index contributed by atoms with van der Waals surface area (Å²) in [6, 6.07) is 0.169. The van der Waals surface area contributed by atoms with E-state index in [4.69, 9.17) is 21.1 Å². The lowest BCUT2D eigenvalue weighted by Gasteiger charge is -2.24. The van der Waals surface area contributed by atoms with Crippen molar-refractivity contribution in [2.24, 2.45) is 0 Å². The number of nitrogens with zero attached hydrogens (tertiary/aromatic N) is 1. The molecule has 1 aromatic carbocycles. The Hall–Kier alpha value is -0.870. The van der Waals surface area contributed by atoms with Crippen LogP contribution < -0.4 is 15.6 Å². The minimum atomic E-state index is -0.684. The van der Waals surface area contributed by atoms with Crippen LogP contribution in [0, 0.1) is 5.82 Å². The molecule has 1 fully saturated rings. The fourth-order valence-corrected chi connectivity index (χ4v) is 3.55. The summed E-state index contributed by atoms with van der Waals surface area (Å²) < 4.78 is 25.7. The van der Waals surface area contributed by atoms with Crippen molar-refractivity contribution in [2.75, 3.05) is 32.6 Å². The van der Waals surface area contributed by atoms with Gasteiger partial charge in [-0.25, -0.2) is 9.37 Å². The summed E-state index contributed by atoms with van der Waals surface area (Å²) in [7, 11) is 0. The summed E-state index contributed by atoms with van der Waals surface area (Å²) in [6.07, 6.45) is 2.41. The average Bonchev–Trinajstić information content (AvgIpc) is 2.63. The van der Waals surface area contributed by atoms with E-state index in [1.807, 2.05) is 0 Å². The zero-order valence-corrected chi connectivity index (χ0v) is 16.5. The summed E-state index contributed by atoms with van der Waals surface area (Å²) >= 11 is 10.5. The monoisotopic (exact) mass is 451 g/mol. The first kappa shape index (κ1) is 18.9. The number of nitrogens with one attached hydrogen (secondary N) is 2. The van der Waals surface area contributed by atoms with Crippen LogP contribution in [0.2, 0.25) is 5.02 Å². The Balaban J connectivity index is 1.94. The third-order valence-electron chi connectivity index (χ3n) is 3.82. The molecule has 1 aliphatic heterocycles. The molecule has 1 aromatic heterocycles. The first-order valence-corrected chi connectivity index (χ1v) is 10.0. The molecule has 2 heterocycles. The van der Waals surface area contributed by atoms with E-state index in [0.717, 1.165) is 6.54 Å². The van der Waals surface area contributed by atoms with Gasteiger partial charge in [-0.3, -0.25) is 4.79 Å². The number of fused-ring (bicyclic) bond motifs is 1. The normalized spacial score (nSPS) is 17.8.